The second kappa shape index (κ2) is 5.54. The van der Waals surface area contributed by atoms with Crippen molar-refractivity contribution in [3.8, 4) is 0 Å². The highest BCUT2D eigenvalue weighted by Crippen LogP contribution is 2.00. The summed E-state index contributed by atoms with van der Waals surface area (Å²) in [7, 11) is -3.38. The topological polar surface area (TPSA) is 92.4 Å². The molecule has 2 atom stereocenters. The fraction of sp³-hybridized carbons (Fsp3) is 1.00. The Bertz CT molecular complexity index is 226. The van der Waals surface area contributed by atoms with Crippen LogP contribution in [0.1, 0.15) is 13.8 Å². The van der Waals surface area contributed by atoms with Crippen molar-refractivity contribution < 1.29 is 13.5 Å². The molecule has 0 aliphatic heterocycles. The van der Waals surface area contributed by atoms with Gasteiger partial charge in [-0.05, 0) is 13.8 Å². The molecule has 0 heterocycles. The minimum Gasteiger partial charge on any atom is -0.377 e. The molecule has 0 aliphatic carbocycles. The van der Waals surface area contributed by atoms with Crippen LogP contribution in [0.2, 0.25) is 0 Å². The largest absolute Gasteiger partial charge is 0.377 e. The summed E-state index contributed by atoms with van der Waals surface area (Å²) in [5.74, 6) is -0.0648. The molecule has 0 aromatic carbocycles. The minimum atomic E-state index is -3.38. The third-order valence-electron chi connectivity index (χ3n) is 1.64. The molecule has 80 valence electrons. The Morgan fingerprint density at radius 1 is 1.46 bits per heavy atom. The Morgan fingerprint density at radius 3 is 2.38 bits per heavy atom. The van der Waals surface area contributed by atoms with Crippen LogP contribution in [0.5, 0.6) is 0 Å². The van der Waals surface area contributed by atoms with Crippen LogP contribution in [0.25, 0.3) is 0 Å². The number of aliphatic hydroxyl groups excluding tert-OH is 1. The molecule has 0 spiro atoms. The second-order valence-corrected chi connectivity index (χ2v) is 5.41. The molecular formula is C7H18N2O3S. The van der Waals surface area contributed by atoms with E-state index in [9.17, 15) is 8.42 Å². The minimum absolute atomic E-state index is 0.0648. The van der Waals surface area contributed by atoms with Crippen LogP contribution in [0, 0.1) is 0 Å². The maximum absolute atomic E-state index is 11.2. The number of rotatable bonds is 6. The van der Waals surface area contributed by atoms with Crippen molar-refractivity contribution in [2.24, 2.45) is 5.73 Å². The van der Waals surface area contributed by atoms with E-state index < -0.39 is 15.3 Å². The monoisotopic (exact) mass is 210 g/mol. The summed E-state index contributed by atoms with van der Waals surface area (Å²) in [6.45, 7) is 4.05. The van der Waals surface area contributed by atoms with E-state index in [0.29, 0.717) is 13.1 Å². The number of sulfone groups is 1. The first-order valence-corrected chi connectivity index (χ1v) is 5.94. The van der Waals surface area contributed by atoms with Crippen molar-refractivity contribution >= 4 is 9.84 Å². The van der Waals surface area contributed by atoms with E-state index in [4.69, 9.17) is 10.8 Å². The highest BCUT2D eigenvalue weighted by molar-refractivity contribution is 7.91. The zero-order chi connectivity index (χ0) is 10.5. The highest BCUT2D eigenvalue weighted by Gasteiger charge is 2.20. The van der Waals surface area contributed by atoms with Crippen LogP contribution in [-0.2, 0) is 9.84 Å². The Balaban J connectivity index is 3.98. The first-order valence-electron chi connectivity index (χ1n) is 4.23. The smallest absolute Gasteiger partial charge is 0.178 e. The number of hydrogen-bond donors (Lipinski definition) is 3. The molecule has 13 heavy (non-hydrogen) atoms. The van der Waals surface area contributed by atoms with E-state index >= 15 is 0 Å². The van der Waals surface area contributed by atoms with Crippen LogP contribution in [0.4, 0.5) is 0 Å². The Labute approximate surface area is 79.2 Å². The van der Waals surface area contributed by atoms with Gasteiger partial charge in [0.05, 0.1) is 5.75 Å². The summed E-state index contributed by atoms with van der Waals surface area (Å²) < 4.78 is 22.4. The molecule has 0 aliphatic rings. The molecule has 0 amide bonds. The summed E-state index contributed by atoms with van der Waals surface area (Å²) in [6, 6.07) is -0.178. The lowest BCUT2D eigenvalue weighted by atomic mass is 10.4. The van der Waals surface area contributed by atoms with Gasteiger partial charge in [-0.3, -0.25) is 0 Å². The Morgan fingerprint density at radius 2 is 2.00 bits per heavy atom. The Hall–Kier alpha value is -0.170. The van der Waals surface area contributed by atoms with Crippen LogP contribution in [0.3, 0.4) is 0 Å². The van der Waals surface area contributed by atoms with Crippen molar-refractivity contribution in [1.29, 1.82) is 0 Å². The number of nitrogens with one attached hydrogen (secondary N) is 1. The molecule has 6 heteroatoms. The van der Waals surface area contributed by atoms with Gasteiger partial charge < -0.3 is 16.2 Å². The average Bonchev–Trinajstić information content (AvgIpc) is 1.99. The number of aliphatic hydroxyl groups is 1. The average molecular weight is 210 g/mol. The molecule has 0 saturated carbocycles. The molecule has 0 rings (SSSR count). The quantitative estimate of drug-likeness (QED) is 0.505. The lowest BCUT2D eigenvalue weighted by Crippen LogP contribution is -2.38. The molecule has 0 aromatic heterocycles. The van der Waals surface area contributed by atoms with Crippen molar-refractivity contribution in [3.05, 3.63) is 0 Å². The van der Waals surface area contributed by atoms with E-state index in [1.54, 1.807) is 6.92 Å². The third-order valence-corrected chi connectivity index (χ3v) is 3.64. The molecule has 0 radical (unpaired) electrons. The molecule has 5 nitrogen and oxygen atoms in total. The van der Waals surface area contributed by atoms with Gasteiger partial charge in [0, 0.05) is 19.1 Å². The van der Waals surface area contributed by atoms with E-state index in [2.05, 4.69) is 5.32 Å². The lowest BCUT2D eigenvalue weighted by Gasteiger charge is -2.14. The summed E-state index contributed by atoms with van der Waals surface area (Å²) in [4.78, 5) is 0. The van der Waals surface area contributed by atoms with Gasteiger partial charge in [0.2, 0.25) is 0 Å². The molecule has 0 aromatic rings. The van der Waals surface area contributed by atoms with E-state index in [1.807, 2.05) is 0 Å². The first-order chi connectivity index (χ1) is 5.90. The summed E-state index contributed by atoms with van der Waals surface area (Å²) in [5.41, 5.74) is 3.94. The van der Waals surface area contributed by atoms with Gasteiger partial charge in [-0.1, -0.05) is 0 Å². The standard InChI is InChI=1S/C7H18N2O3S/c1-6(9-4-3-8)5-13(11,12)7(2)10/h6-7,9-10H,3-5,8H2,1-2H3. The normalized spacial score (nSPS) is 16.9. The van der Waals surface area contributed by atoms with Gasteiger partial charge in [0.15, 0.2) is 15.3 Å². The van der Waals surface area contributed by atoms with Crippen molar-refractivity contribution in [2.45, 2.75) is 25.3 Å². The van der Waals surface area contributed by atoms with Gasteiger partial charge >= 0.3 is 0 Å². The van der Waals surface area contributed by atoms with Crippen molar-refractivity contribution in [3.63, 3.8) is 0 Å². The van der Waals surface area contributed by atoms with Crippen LogP contribution < -0.4 is 11.1 Å². The van der Waals surface area contributed by atoms with Crippen molar-refractivity contribution in [2.75, 3.05) is 18.8 Å². The molecular weight excluding hydrogens is 192 g/mol. The summed E-state index contributed by atoms with van der Waals surface area (Å²) in [5, 5.41) is 11.8. The lowest BCUT2D eigenvalue weighted by molar-refractivity contribution is 0.268. The maximum Gasteiger partial charge on any atom is 0.178 e. The van der Waals surface area contributed by atoms with Crippen LogP contribution in [0.15, 0.2) is 0 Å². The predicted octanol–water partition coefficient (Wildman–Crippen LogP) is -1.32. The van der Waals surface area contributed by atoms with E-state index in [-0.39, 0.29) is 11.8 Å². The number of nitrogens with two attached hydrogens (primary N) is 1. The predicted molar refractivity (Wildman–Crippen MR) is 52.0 cm³/mol. The van der Waals surface area contributed by atoms with Crippen LogP contribution in [-0.4, -0.2) is 43.8 Å². The SMILES string of the molecule is CC(CS(=O)(=O)C(C)O)NCCN. The van der Waals surface area contributed by atoms with Gasteiger partial charge in [-0.2, -0.15) is 0 Å². The van der Waals surface area contributed by atoms with Gasteiger partial charge in [0.25, 0.3) is 0 Å². The summed E-state index contributed by atoms with van der Waals surface area (Å²) >= 11 is 0. The maximum atomic E-state index is 11.2. The van der Waals surface area contributed by atoms with Gasteiger partial charge in [-0.15, -0.1) is 0 Å². The second-order valence-electron chi connectivity index (χ2n) is 3.07. The van der Waals surface area contributed by atoms with E-state index in [1.165, 1.54) is 6.92 Å². The fourth-order valence-electron chi connectivity index (χ4n) is 0.876. The third kappa shape index (κ3) is 5.20. The zero-order valence-electron chi connectivity index (χ0n) is 8.03. The molecule has 2 unspecified atom stereocenters. The Kier molecular flexibility index (Phi) is 5.46. The molecule has 4 N–H and O–H groups in total. The van der Waals surface area contributed by atoms with Gasteiger partial charge in [-0.25, -0.2) is 8.42 Å². The van der Waals surface area contributed by atoms with Crippen molar-refractivity contribution in [1.82, 2.24) is 5.32 Å². The van der Waals surface area contributed by atoms with Gasteiger partial charge in [0.1, 0.15) is 0 Å². The molecule has 0 fully saturated rings. The molecule has 0 bridgehead atoms. The van der Waals surface area contributed by atoms with E-state index in [0.717, 1.165) is 0 Å². The number of hydrogen-bond acceptors (Lipinski definition) is 5. The highest BCUT2D eigenvalue weighted by atomic mass is 32.2. The summed E-state index contributed by atoms with van der Waals surface area (Å²) in [6.07, 6.45) is 0. The van der Waals surface area contributed by atoms with Crippen LogP contribution >= 0.6 is 0 Å². The zero-order valence-corrected chi connectivity index (χ0v) is 8.84. The molecule has 0 saturated heterocycles. The first kappa shape index (κ1) is 12.8. The fourth-order valence-corrected chi connectivity index (χ4v) is 1.97.